The van der Waals surface area contributed by atoms with Gasteiger partial charge in [0.1, 0.15) is 28.8 Å². The molecule has 1 aromatic heterocycles. The Bertz CT molecular complexity index is 751. The SMILES string of the molecule is Cc1cc(C(C)(O)CNC(=O)c2cc(F)c(C)cc2F)c(C)o1. The minimum atomic E-state index is -1.39. The third-order valence-corrected chi connectivity index (χ3v) is 3.71. The first-order chi connectivity index (χ1) is 10.6. The van der Waals surface area contributed by atoms with Crippen molar-refractivity contribution in [3.8, 4) is 0 Å². The number of benzene rings is 1. The Morgan fingerprint density at radius 2 is 1.87 bits per heavy atom. The second-order valence-electron chi connectivity index (χ2n) is 5.86. The van der Waals surface area contributed by atoms with Crippen LogP contribution in [0.2, 0.25) is 0 Å². The van der Waals surface area contributed by atoms with Gasteiger partial charge in [0.05, 0.1) is 12.1 Å². The van der Waals surface area contributed by atoms with E-state index in [1.54, 1.807) is 19.9 Å². The van der Waals surface area contributed by atoms with Gasteiger partial charge in [-0.3, -0.25) is 4.79 Å². The van der Waals surface area contributed by atoms with Gasteiger partial charge in [-0.15, -0.1) is 0 Å². The maximum absolute atomic E-state index is 13.8. The normalized spacial score (nSPS) is 13.7. The van der Waals surface area contributed by atoms with E-state index >= 15 is 0 Å². The number of nitrogens with one attached hydrogen (secondary N) is 1. The zero-order valence-corrected chi connectivity index (χ0v) is 13.5. The molecular weight excluding hydrogens is 304 g/mol. The van der Waals surface area contributed by atoms with Crippen LogP contribution in [0.1, 0.15) is 39.9 Å². The van der Waals surface area contributed by atoms with Crippen molar-refractivity contribution >= 4 is 5.91 Å². The Labute approximate surface area is 133 Å². The number of rotatable bonds is 4. The molecule has 1 amide bonds. The van der Waals surface area contributed by atoms with E-state index in [2.05, 4.69) is 5.32 Å². The summed E-state index contributed by atoms with van der Waals surface area (Å²) in [7, 11) is 0. The molecule has 124 valence electrons. The number of aliphatic hydroxyl groups is 1. The van der Waals surface area contributed by atoms with Gasteiger partial charge in [0.15, 0.2) is 0 Å². The van der Waals surface area contributed by atoms with Crippen molar-refractivity contribution in [3.05, 3.63) is 58.0 Å². The van der Waals surface area contributed by atoms with Crippen LogP contribution < -0.4 is 5.32 Å². The first-order valence-electron chi connectivity index (χ1n) is 7.15. The minimum absolute atomic E-state index is 0.121. The Morgan fingerprint density at radius 1 is 1.22 bits per heavy atom. The van der Waals surface area contributed by atoms with Gasteiger partial charge in [0.2, 0.25) is 0 Å². The van der Waals surface area contributed by atoms with Crippen LogP contribution >= 0.6 is 0 Å². The number of carbonyl (C=O) groups is 1. The fourth-order valence-electron chi connectivity index (χ4n) is 2.43. The number of hydrogen-bond donors (Lipinski definition) is 2. The number of carbonyl (C=O) groups excluding carboxylic acids is 1. The van der Waals surface area contributed by atoms with Crippen molar-refractivity contribution in [1.82, 2.24) is 5.32 Å². The van der Waals surface area contributed by atoms with Crippen LogP contribution in [0.4, 0.5) is 8.78 Å². The van der Waals surface area contributed by atoms with Gasteiger partial charge >= 0.3 is 0 Å². The zero-order valence-electron chi connectivity index (χ0n) is 13.5. The van der Waals surface area contributed by atoms with Crippen LogP contribution in [0.3, 0.4) is 0 Å². The molecule has 2 rings (SSSR count). The molecule has 1 atom stereocenters. The summed E-state index contributed by atoms with van der Waals surface area (Å²) in [4.78, 5) is 12.0. The summed E-state index contributed by atoms with van der Waals surface area (Å²) < 4.78 is 32.7. The van der Waals surface area contributed by atoms with Gasteiger partial charge < -0.3 is 14.8 Å². The van der Waals surface area contributed by atoms with E-state index in [-0.39, 0.29) is 12.1 Å². The number of amides is 1. The Hall–Kier alpha value is -2.21. The predicted octanol–water partition coefficient (Wildman–Crippen LogP) is 3.12. The molecule has 0 aliphatic carbocycles. The molecule has 1 aromatic carbocycles. The van der Waals surface area contributed by atoms with Crippen LogP contribution in [0.15, 0.2) is 22.6 Å². The lowest BCUT2D eigenvalue weighted by Crippen LogP contribution is -2.39. The van der Waals surface area contributed by atoms with Crippen LogP contribution in [-0.2, 0) is 5.60 Å². The van der Waals surface area contributed by atoms with Gasteiger partial charge in [0, 0.05) is 5.56 Å². The minimum Gasteiger partial charge on any atom is -0.466 e. The summed E-state index contributed by atoms with van der Waals surface area (Å²) in [5.74, 6) is -1.09. The molecule has 2 aromatic rings. The van der Waals surface area contributed by atoms with Crippen LogP contribution in [0.5, 0.6) is 0 Å². The van der Waals surface area contributed by atoms with Crippen LogP contribution in [-0.4, -0.2) is 17.6 Å². The molecule has 0 saturated carbocycles. The molecule has 0 bridgehead atoms. The summed E-state index contributed by atoms with van der Waals surface area (Å²) in [6.45, 7) is 6.20. The first kappa shape index (κ1) is 17.1. The van der Waals surface area contributed by atoms with Gasteiger partial charge in [-0.25, -0.2) is 8.78 Å². The lowest BCUT2D eigenvalue weighted by atomic mass is 9.96. The summed E-state index contributed by atoms with van der Waals surface area (Å²) in [6.07, 6.45) is 0. The van der Waals surface area contributed by atoms with Gasteiger partial charge in [-0.2, -0.15) is 0 Å². The molecule has 6 heteroatoms. The van der Waals surface area contributed by atoms with Crippen molar-refractivity contribution in [2.45, 2.75) is 33.3 Å². The lowest BCUT2D eigenvalue weighted by Gasteiger charge is -2.23. The van der Waals surface area contributed by atoms with E-state index in [1.807, 2.05) is 0 Å². The van der Waals surface area contributed by atoms with Crippen molar-refractivity contribution in [3.63, 3.8) is 0 Å². The second kappa shape index (κ2) is 6.12. The quantitative estimate of drug-likeness (QED) is 0.909. The molecular formula is C17H19F2NO3. The molecule has 0 saturated heterocycles. The molecule has 0 aliphatic heterocycles. The van der Waals surface area contributed by atoms with Crippen molar-refractivity contribution in [1.29, 1.82) is 0 Å². The highest BCUT2D eigenvalue weighted by molar-refractivity contribution is 5.94. The summed E-state index contributed by atoms with van der Waals surface area (Å²) in [5.41, 5.74) is -1.14. The topological polar surface area (TPSA) is 62.5 Å². The highest BCUT2D eigenvalue weighted by atomic mass is 19.1. The molecule has 23 heavy (non-hydrogen) atoms. The fraction of sp³-hybridized carbons (Fsp3) is 0.353. The van der Waals surface area contributed by atoms with E-state index in [0.717, 1.165) is 12.1 Å². The predicted molar refractivity (Wildman–Crippen MR) is 81.2 cm³/mol. The Balaban J connectivity index is 2.15. The van der Waals surface area contributed by atoms with Crippen LogP contribution in [0.25, 0.3) is 0 Å². The largest absolute Gasteiger partial charge is 0.466 e. The van der Waals surface area contributed by atoms with Crippen molar-refractivity contribution in [2.75, 3.05) is 6.54 Å². The van der Waals surface area contributed by atoms with Crippen molar-refractivity contribution < 1.29 is 23.1 Å². The molecule has 1 unspecified atom stereocenters. The number of aryl methyl sites for hydroxylation is 3. The molecule has 0 fully saturated rings. The second-order valence-corrected chi connectivity index (χ2v) is 5.86. The number of hydrogen-bond acceptors (Lipinski definition) is 3. The molecule has 2 N–H and O–H groups in total. The fourth-order valence-corrected chi connectivity index (χ4v) is 2.43. The molecule has 0 spiro atoms. The van der Waals surface area contributed by atoms with E-state index in [0.29, 0.717) is 17.1 Å². The van der Waals surface area contributed by atoms with Gasteiger partial charge in [-0.05, 0) is 51.5 Å². The van der Waals surface area contributed by atoms with E-state index < -0.39 is 28.7 Å². The molecule has 0 aliphatic rings. The van der Waals surface area contributed by atoms with Crippen LogP contribution in [0, 0.1) is 32.4 Å². The maximum Gasteiger partial charge on any atom is 0.254 e. The number of halogens is 2. The van der Waals surface area contributed by atoms with Gasteiger partial charge in [0.25, 0.3) is 5.91 Å². The number of furan rings is 1. The molecule has 4 nitrogen and oxygen atoms in total. The highest BCUT2D eigenvalue weighted by Crippen LogP contribution is 2.26. The summed E-state index contributed by atoms with van der Waals surface area (Å²) >= 11 is 0. The van der Waals surface area contributed by atoms with E-state index in [4.69, 9.17) is 4.42 Å². The van der Waals surface area contributed by atoms with Crippen molar-refractivity contribution in [2.24, 2.45) is 0 Å². The standard InChI is InChI=1S/C17H19F2NO3/c1-9-5-15(19)12(7-14(9)18)16(21)20-8-17(4,22)13-6-10(2)23-11(13)3/h5-7,22H,8H2,1-4H3,(H,20,21). The Kier molecular flexibility index (Phi) is 4.56. The van der Waals surface area contributed by atoms with Gasteiger partial charge in [-0.1, -0.05) is 0 Å². The molecule has 1 heterocycles. The summed E-state index contributed by atoms with van der Waals surface area (Å²) in [6, 6.07) is 3.49. The highest BCUT2D eigenvalue weighted by Gasteiger charge is 2.28. The third kappa shape index (κ3) is 3.59. The monoisotopic (exact) mass is 323 g/mol. The smallest absolute Gasteiger partial charge is 0.254 e. The summed E-state index contributed by atoms with van der Waals surface area (Å²) in [5, 5.41) is 12.9. The zero-order chi connectivity index (χ0) is 17.4. The van der Waals surface area contributed by atoms with E-state index in [1.165, 1.54) is 13.8 Å². The average molecular weight is 323 g/mol. The first-order valence-corrected chi connectivity index (χ1v) is 7.15. The average Bonchev–Trinajstić information content (AvgIpc) is 2.80. The van der Waals surface area contributed by atoms with E-state index in [9.17, 15) is 18.7 Å². The Morgan fingerprint density at radius 3 is 2.43 bits per heavy atom. The lowest BCUT2D eigenvalue weighted by molar-refractivity contribution is 0.0512. The maximum atomic E-state index is 13.8. The molecule has 0 radical (unpaired) electrons. The third-order valence-electron chi connectivity index (χ3n) is 3.71.